The number of amides is 1. The Hall–Kier alpha value is -2.72. The van der Waals surface area contributed by atoms with Crippen LogP contribution in [0, 0.1) is 38.0 Å². The molecular weight excluding hydrogens is 717 g/mol. The van der Waals surface area contributed by atoms with Gasteiger partial charge in [0.15, 0.2) is 0 Å². The van der Waals surface area contributed by atoms with E-state index in [1.54, 1.807) is 18.2 Å². The maximum atomic E-state index is 12.5. The van der Waals surface area contributed by atoms with Gasteiger partial charge in [0.25, 0.3) is 0 Å². The summed E-state index contributed by atoms with van der Waals surface area (Å²) in [6.45, 7) is 6.45. The van der Waals surface area contributed by atoms with Gasteiger partial charge in [-0.05, 0) is 84.7 Å². The van der Waals surface area contributed by atoms with Gasteiger partial charge in [0, 0.05) is 56.3 Å². The largest absolute Gasteiger partial charge is 0.521 e. The Kier molecular flexibility index (Phi) is 9.82. The van der Waals surface area contributed by atoms with Crippen molar-refractivity contribution >= 4 is 17.1 Å². The number of alkyl halides is 1. The number of phenolic OH excluding ortho intramolecular Hbond substituents is 1. The van der Waals surface area contributed by atoms with Crippen LogP contribution >= 0.6 is 0 Å². The first kappa shape index (κ1) is 29.3. The van der Waals surface area contributed by atoms with E-state index in [1.165, 1.54) is 0 Å². The summed E-state index contributed by atoms with van der Waals surface area (Å²) in [4.78, 5) is 14.1. The van der Waals surface area contributed by atoms with Crippen LogP contribution < -0.4 is 10.5 Å². The number of aryl methyl sites for hydroxylation is 1. The van der Waals surface area contributed by atoms with Gasteiger partial charge in [-0.15, -0.1) is 17.7 Å². The van der Waals surface area contributed by atoms with Crippen molar-refractivity contribution in [2.75, 3.05) is 26.3 Å². The second kappa shape index (κ2) is 13.1. The molecule has 1 saturated heterocycles. The minimum Gasteiger partial charge on any atom is -0.521 e. The summed E-state index contributed by atoms with van der Waals surface area (Å²) in [5.41, 5.74) is 13.3. The normalized spacial score (nSPS) is 17.3. The zero-order chi connectivity index (χ0) is 26.6. The summed E-state index contributed by atoms with van der Waals surface area (Å²) in [5.74, 6) is 0.574. The van der Waals surface area contributed by atoms with Crippen molar-refractivity contribution in [2.45, 2.75) is 38.2 Å². The van der Waals surface area contributed by atoms with Crippen LogP contribution in [-0.2, 0) is 6.42 Å². The zero-order valence-corrected chi connectivity index (χ0v) is 26.3. The number of ether oxygens (including phenoxy) is 1. The van der Waals surface area contributed by atoms with E-state index in [0.717, 1.165) is 90.0 Å². The number of carbonyl (C=O) groups excluding carboxylic acids is 1. The Morgan fingerprint density at radius 3 is 2.56 bits per heavy atom. The molecule has 2 aliphatic rings. The number of nitrogens with zero attached hydrogens (tertiary/aromatic N) is 1. The summed E-state index contributed by atoms with van der Waals surface area (Å²) in [6.07, 6.45) is 4.18. The first-order chi connectivity index (χ1) is 18.4. The molecule has 0 bridgehead atoms. The third kappa shape index (κ3) is 6.72. The smallest absolute Gasteiger partial charge is 0.248 e. The van der Waals surface area contributed by atoms with Gasteiger partial charge in [0.05, 0.1) is 12.4 Å². The molecule has 0 radical (unpaired) electrons. The van der Waals surface area contributed by atoms with Crippen molar-refractivity contribution in [2.24, 2.45) is 5.73 Å². The molecule has 202 valence electrons. The third-order valence-corrected chi connectivity index (χ3v) is 7.53. The van der Waals surface area contributed by atoms with E-state index in [2.05, 4.69) is 24.0 Å². The Morgan fingerprint density at radius 2 is 1.85 bits per heavy atom. The van der Waals surface area contributed by atoms with Gasteiger partial charge in [-0.3, -0.25) is 14.1 Å². The Bertz CT molecular complexity index is 1360. The number of primary amides is 1. The predicted molar refractivity (Wildman–Crippen MR) is 149 cm³/mol. The molecule has 3 aromatic rings. The van der Waals surface area contributed by atoms with Crippen molar-refractivity contribution in [3.05, 3.63) is 101 Å². The quantitative estimate of drug-likeness (QED) is 0.287. The third-order valence-electron chi connectivity index (χ3n) is 7.53. The predicted octanol–water partition coefficient (Wildman–Crippen LogP) is 5.78. The number of phenols is 1. The monoisotopic (exact) mass is 751 g/mol. The summed E-state index contributed by atoms with van der Waals surface area (Å²) >= 11 is 0. The number of likely N-dealkylation sites (tertiary alicyclic amines) is 1. The second-order valence-corrected chi connectivity index (χ2v) is 10.2. The minimum absolute atomic E-state index is 0. The molecule has 1 atom stereocenters. The fourth-order valence-electron chi connectivity index (χ4n) is 5.69. The molecule has 1 unspecified atom stereocenters. The number of carbonyl (C=O) groups is 1. The zero-order valence-electron chi connectivity index (χ0n) is 22.1. The molecule has 5 nitrogen and oxygen atoms in total. The molecule has 39 heavy (non-hydrogen) atoms. The molecule has 3 aromatic carbocycles. The molecule has 5 rings (SSSR count). The van der Waals surface area contributed by atoms with Crippen LogP contribution in [0.5, 0.6) is 11.5 Å². The number of aromatic hydroxyl groups is 1. The minimum atomic E-state index is -0.432. The standard InChI is InChI=1S/C32H34FN2O3.U/c1-21-18-25(36)9-13-28(21)30-5-2-4-23-19-24(32(34)37)8-12-29(23)31(30)22-6-10-26(11-7-22)38-27-14-17-35(20-27)16-3-15-33;/h6-13,18-19,27,36H,1-5,14-17,20H2,(H2,34,37);/q-1;. The average Bonchev–Trinajstić information content (AvgIpc) is 3.26. The molecule has 1 aliphatic heterocycles. The maximum Gasteiger partial charge on any atom is 0.248 e. The Labute approximate surface area is 253 Å². The molecular formula is C32H34FN2O3U-. The van der Waals surface area contributed by atoms with Crippen LogP contribution in [0.15, 0.2) is 60.7 Å². The first-order valence-electron chi connectivity index (χ1n) is 13.3. The molecule has 0 saturated carbocycles. The summed E-state index contributed by atoms with van der Waals surface area (Å²) in [7, 11) is 0. The Balaban J connectivity index is 0.00000353. The fraction of sp³-hybridized carbons (Fsp3) is 0.312. The van der Waals surface area contributed by atoms with Crippen molar-refractivity contribution < 1.29 is 50.1 Å². The molecule has 0 spiro atoms. The number of nitrogens with two attached hydrogens (primary N) is 1. The first-order valence-corrected chi connectivity index (χ1v) is 13.3. The summed E-state index contributed by atoms with van der Waals surface area (Å²) in [5, 5.41) is 9.99. The van der Waals surface area contributed by atoms with E-state index in [-0.39, 0.29) is 49.6 Å². The molecule has 1 aliphatic carbocycles. The number of hydrogen-bond donors (Lipinski definition) is 2. The van der Waals surface area contributed by atoms with E-state index >= 15 is 0 Å². The van der Waals surface area contributed by atoms with Crippen LogP contribution in [0.2, 0.25) is 0 Å². The molecule has 1 fully saturated rings. The van der Waals surface area contributed by atoms with Crippen LogP contribution in [-0.4, -0.2) is 48.3 Å². The van der Waals surface area contributed by atoms with Crippen molar-refractivity contribution in [3.8, 4) is 11.5 Å². The topological polar surface area (TPSA) is 75.8 Å². The SMILES string of the molecule is [CH2-]c1cc(O)ccc1C1=C(c2ccc(OC3CCN(CCCF)C3)cc2)c2ccc(C(N)=O)cc2CCC1.[U]. The molecule has 1 amide bonds. The van der Waals surface area contributed by atoms with Gasteiger partial charge in [-0.25, -0.2) is 0 Å². The molecule has 1 heterocycles. The van der Waals surface area contributed by atoms with Gasteiger partial charge in [-0.1, -0.05) is 23.8 Å². The average molecular weight is 752 g/mol. The van der Waals surface area contributed by atoms with E-state index < -0.39 is 5.91 Å². The number of hydrogen-bond acceptors (Lipinski definition) is 4. The molecule has 3 N–H and O–H groups in total. The molecule has 7 heteroatoms. The van der Waals surface area contributed by atoms with Gasteiger partial charge >= 0.3 is 0 Å². The van der Waals surface area contributed by atoms with Crippen molar-refractivity contribution in [1.29, 1.82) is 0 Å². The summed E-state index contributed by atoms with van der Waals surface area (Å²) in [6, 6.07) is 19.2. The van der Waals surface area contributed by atoms with Crippen molar-refractivity contribution in [1.82, 2.24) is 4.90 Å². The van der Waals surface area contributed by atoms with E-state index in [1.807, 2.05) is 30.3 Å². The maximum absolute atomic E-state index is 12.5. The molecule has 0 aromatic heterocycles. The van der Waals surface area contributed by atoms with Gasteiger partial charge in [-0.2, -0.15) is 12.5 Å². The van der Waals surface area contributed by atoms with Crippen LogP contribution in [0.1, 0.15) is 63.9 Å². The Morgan fingerprint density at radius 1 is 1.08 bits per heavy atom. The number of benzene rings is 3. The van der Waals surface area contributed by atoms with E-state index in [9.17, 15) is 14.3 Å². The van der Waals surface area contributed by atoms with Gasteiger partial charge < -0.3 is 15.6 Å². The summed E-state index contributed by atoms with van der Waals surface area (Å²) < 4.78 is 18.8. The van der Waals surface area contributed by atoms with Crippen LogP contribution in [0.4, 0.5) is 4.39 Å². The fourth-order valence-corrected chi connectivity index (χ4v) is 5.69. The number of allylic oxidation sites excluding steroid dienone is 1. The second-order valence-electron chi connectivity index (χ2n) is 10.2. The number of fused-ring (bicyclic) bond motifs is 1. The van der Waals surface area contributed by atoms with Crippen LogP contribution in [0.25, 0.3) is 11.1 Å². The van der Waals surface area contributed by atoms with Gasteiger partial charge in [0.1, 0.15) is 11.9 Å². The van der Waals surface area contributed by atoms with Crippen LogP contribution in [0.3, 0.4) is 0 Å². The van der Waals surface area contributed by atoms with E-state index in [4.69, 9.17) is 10.5 Å². The number of halogens is 1. The van der Waals surface area contributed by atoms with Crippen molar-refractivity contribution in [3.63, 3.8) is 0 Å². The number of rotatable bonds is 8. The van der Waals surface area contributed by atoms with E-state index in [0.29, 0.717) is 12.0 Å². The van der Waals surface area contributed by atoms with Gasteiger partial charge in [0.2, 0.25) is 5.91 Å².